The molecule has 21 heavy (non-hydrogen) atoms. The van der Waals surface area contributed by atoms with Crippen molar-refractivity contribution < 1.29 is 9.13 Å². The topological polar surface area (TPSA) is 21.3 Å². The van der Waals surface area contributed by atoms with Crippen LogP contribution >= 0.6 is 0 Å². The minimum absolute atomic E-state index is 0.234. The molecule has 0 amide bonds. The predicted octanol–water partition coefficient (Wildman–Crippen LogP) is 4.15. The highest BCUT2D eigenvalue weighted by Crippen LogP contribution is 2.15. The third kappa shape index (κ3) is 5.56. The van der Waals surface area contributed by atoms with Crippen molar-refractivity contribution in [3.05, 3.63) is 65.5 Å². The van der Waals surface area contributed by atoms with Crippen LogP contribution in [0.25, 0.3) is 0 Å². The molecule has 0 spiro atoms. The minimum atomic E-state index is -0.234. The van der Waals surface area contributed by atoms with Crippen LogP contribution in [0.1, 0.15) is 25.0 Å². The molecular weight excluding hydrogens is 265 g/mol. The molecule has 2 aromatic rings. The summed E-state index contributed by atoms with van der Waals surface area (Å²) in [7, 11) is 0. The maximum atomic E-state index is 13.1. The Kier molecular flexibility index (Phi) is 5.76. The first-order valence-electron chi connectivity index (χ1n) is 7.30. The van der Waals surface area contributed by atoms with E-state index in [0.29, 0.717) is 12.5 Å². The number of halogens is 1. The van der Waals surface area contributed by atoms with Gasteiger partial charge in [0, 0.05) is 6.54 Å². The SMILES string of the molecule is CC(C)CNCc1cccc(OCc2cccc(F)c2)c1. The Hall–Kier alpha value is -1.87. The molecule has 3 heteroatoms. The van der Waals surface area contributed by atoms with Gasteiger partial charge in [-0.25, -0.2) is 4.39 Å². The Morgan fingerprint density at radius 1 is 1.05 bits per heavy atom. The normalized spacial score (nSPS) is 10.9. The largest absolute Gasteiger partial charge is 0.489 e. The van der Waals surface area contributed by atoms with E-state index in [0.717, 1.165) is 24.4 Å². The first-order chi connectivity index (χ1) is 10.1. The van der Waals surface area contributed by atoms with E-state index in [9.17, 15) is 4.39 Å². The van der Waals surface area contributed by atoms with Gasteiger partial charge < -0.3 is 10.1 Å². The summed E-state index contributed by atoms with van der Waals surface area (Å²) in [5.74, 6) is 1.21. The van der Waals surface area contributed by atoms with E-state index in [1.54, 1.807) is 6.07 Å². The molecule has 0 heterocycles. The molecule has 0 saturated heterocycles. The summed E-state index contributed by atoms with van der Waals surface area (Å²) in [6, 6.07) is 14.5. The molecule has 112 valence electrons. The van der Waals surface area contributed by atoms with Crippen molar-refractivity contribution in [3.63, 3.8) is 0 Å². The third-order valence-electron chi connectivity index (χ3n) is 3.07. The van der Waals surface area contributed by atoms with Gasteiger partial charge in [0.1, 0.15) is 18.2 Å². The van der Waals surface area contributed by atoms with Gasteiger partial charge in [0.05, 0.1) is 0 Å². The van der Waals surface area contributed by atoms with E-state index in [1.807, 2.05) is 24.3 Å². The minimum Gasteiger partial charge on any atom is -0.489 e. The molecule has 2 nitrogen and oxygen atoms in total. The highest BCUT2D eigenvalue weighted by atomic mass is 19.1. The second kappa shape index (κ2) is 7.79. The number of ether oxygens (including phenoxy) is 1. The zero-order valence-electron chi connectivity index (χ0n) is 12.6. The van der Waals surface area contributed by atoms with Crippen molar-refractivity contribution >= 4 is 0 Å². The molecule has 0 atom stereocenters. The molecule has 0 aliphatic carbocycles. The van der Waals surface area contributed by atoms with Crippen LogP contribution in [-0.2, 0) is 13.2 Å². The highest BCUT2D eigenvalue weighted by molar-refractivity contribution is 5.29. The van der Waals surface area contributed by atoms with E-state index >= 15 is 0 Å². The number of hydrogen-bond acceptors (Lipinski definition) is 2. The summed E-state index contributed by atoms with van der Waals surface area (Å²) >= 11 is 0. The summed E-state index contributed by atoms with van der Waals surface area (Å²) in [6.45, 7) is 6.57. The van der Waals surface area contributed by atoms with Gasteiger partial charge in [0.15, 0.2) is 0 Å². The molecule has 0 fully saturated rings. The number of nitrogens with one attached hydrogen (secondary N) is 1. The average molecular weight is 287 g/mol. The van der Waals surface area contributed by atoms with Crippen LogP contribution in [-0.4, -0.2) is 6.54 Å². The third-order valence-corrected chi connectivity index (χ3v) is 3.07. The van der Waals surface area contributed by atoms with E-state index in [-0.39, 0.29) is 5.82 Å². The van der Waals surface area contributed by atoms with Gasteiger partial charge in [0.2, 0.25) is 0 Å². The Labute approximate surface area is 126 Å². The number of rotatable bonds is 7. The van der Waals surface area contributed by atoms with E-state index in [1.165, 1.54) is 17.7 Å². The van der Waals surface area contributed by atoms with Crippen LogP contribution in [0.4, 0.5) is 4.39 Å². The number of hydrogen-bond donors (Lipinski definition) is 1. The fourth-order valence-electron chi connectivity index (χ4n) is 2.04. The van der Waals surface area contributed by atoms with Gasteiger partial charge in [0.25, 0.3) is 0 Å². The second-order valence-electron chi connectivity index (χ2n) is 5.59. The van der Waals surface area contributed by atoms with Crippen molar-refractivity contribution in [2.24, 2.45) is 5.92 Å². The summed E-state index contributed by atoms with van der Waals surface area (Å²) in [5.41, 5.74) is 2.02. The fraction of sp³-hybridized carbons (Fsp3) is 0.333. The van der Waals surface area contributed by atoms with Gasteiger partial charge >= 0.3 is 0 Å². The lowest BCUT2D eigenvalue weighted by molar-refractivity contribution is 0.305. The van der Waals surface area contributed by atoms with Gasteiger partial charge in [-0.15, -0.1) is 0 Å². The van der Waals surface area contributed by atoms with Crippen LogP contribution in [0.2, 0.25) is 0 Å². The molecule has 0 radical (unpaired) electrons. The molecule has 0 bridgehead atoms. The van der Waals surface area contributed by atoms with Gasteiger partial charge in [-0.1, -0.05) is 38.1 Å². The predicted molar refractivity (Wildman–Crippen MR) is 83.7 cm³/mol. The van der Waals surface area contributed by atoms with E-state index < -0.39 is 0 Å². The standard InChI is InChI=1S/C18H22FNO/c1-14(2)11-20-12-15-5-4-8-18(10-15)21-13-16-6-3-7-17(19)9-16/h3-10,14,20H,11-13H2,1-2H3. The zero-order valence-corrected chi connectivity index (χ0v) is 12.6. The Balaban J connectivity index is 1.88. The van der Waals surface area contributed by atoms with Crippen LogP contribution in [0, 0.1) is 11.7 Å². The fourth-order valence-corrected chi connectivity index (χ4v) is 2.04. The lowest BCUT2D eigenvalue weighted by atomic mass is 10.2. The lowest BCUT2D eigenvalue weighted by Gasteiger charge is -2.10. The van der Waals surface area contributed by atoms with Crippen molar-refractivity contribution in [3.8, 4) is 5.75 Å². The smallest absolute Gasteiger partial charge is 0.123 e. The Morgan fingerprint density at radius 2 is 1.81 bits per heavy atom. The van der Waals surface area contributed by atoms with Crippen LogP contribution in [0.15, 0.2) is 48.5 Å². The van der Waals surface area contributed by atoms with Gasteiger partial charge in [-0.05, 0) is 47.9 Å². The average Bonchev–Trinajstić information content (AvgIpc) is 2.45. The van der Waals surface area contributed by atoms with Crippen LogP contribution in [0.3, 0.4) is 0 Å². The first kappa shape index (κ1) is 15.5. The first-order valence-corrected chi connectivity index (χ1v) is 7.30. The number of benzene rings is 2. The molecule has 2 aromatic carbocycles. The summed E-state index contributed by atoms with van der Waals surface area (Å²) < 4.78 is 18.8. The highest BCUT2D eigenvalue weighted by Gasteiger charge is 2.00. The summed E-state index contributed by atoms with van der Waals surface area (Å²) in [6.07, 6.45) is 0. The molecule has 0 saturated carbocycles. The summed E-state index contributed by atoms with van der Waals surface area (Å²) in [5, 5.41) is 3.40. The monoisotopic (exact) mass is 287 g/mol. The Bertz CT molecular complexity index is 569. The maximum absolute atomic E-state index is 13.1. The Morgan fingerprint density at radius 3 is 2.57 bits per heavy atom. The maximum Gasteiger partial charge on any atom is 0.123 e. The van der Waals surface area contributed by atoms with Crippen molar-refractivity contribution in [2.45, 2.75) is 27.0 Å². The van der Waals surface area contributed by atoms with E-state index in [2.05, 4.69) is 25.2 Å². The van der Waals surface area contributed by atoms with Gasteiger partial charge in [-0.2, -0.15) is 0 Å². The van der Waals surface area contributed by atoms with Crippen molar-refractivity contribution in [2.75, 3.05) is 6.54 Å². The quantitative estimate of drug-likeness (QED) is 0.826. The molecular formula is C18H22FNO. The van der Waals surface area contributed by atoms with Crippen LogP contribution < -0.4 is 10.1 Å². The lowest BCUT2D eigenvalue weighted by Crippen LogP contribution is -2.18. The molecule has 2 rings (SSSR count). The van der Waals surface area contributed by atoms with Crippen LogP contribution in [0.5, 0.6) is 5.75 Å². The van der Waals surface area contributed by atoms with Crippen molar-refractivity contribution in [1.29, 1.82) is 0 Å². The molecule has 0 aromatic heterocycles. The van der Waals surface area contributed by atoms with Crippen molar-refractivity contribution in [1.82, 2.24) is 5.32 Å². The molecule has 0 aliphatic rings. The molecule has 0 aliphatic heterocycles. The molecule has 0 unspecified atom stereocenters. The summed E-state index contributed by atoms with van der Waals surface area (Å²) in [4.78, 5) is 0. The molecule has 1 N–H and O–H groups in total. The van der Waals surface area contributed by atoms with E-state index in [4.69, 9.17) is 4.74 Å². The zero-order chi connectivity index (χ0) is 15.1. The van der Waals surface area contributed by atoms with Gasteiger partial charge in [-0.3, -0.25) is 0 Å². The second-order valence-corrected chi connectivity index (χ2v) is 5.59.